The minimum Gasteiger partial charge on any atom is -0.493 e. The molecule has 110 valence electrons. The number of nitrogens with two attached hydrogens (primary N) is 1. The van der Waals surface area contributed by atoms with Gasteiger partial charge < -0.3 is 9.47 Å². The van der Waals surface area contributed by atoms with E-state index in [1.165, 1.54) is 11.9 Å². The molecule has 1 atom stereocenters. The zero-order valence-corrected chi connectivity index (χ0v) is 11.9. The highest BCUT2D eigenvalue weighted by atomic mass is 16.5. The molecule has 3 rings (SSSR count). The molecule has 3 N–H and O–H groups in total. The highest BCUT2D eigenvalue weighted by molar-refractivity contribution is 5.47. The number of hydrogen-bond donors (Lipinski definition) is 2. The summed E-state index contributed by atoms with van der Waals surface area (Å²) in [7, 11) is 1.57. The highest BCUT2D eigenvalue weighted by Crippen LogP contribution is 2.35. The summed E-state index contributed by atoms with van der Waals surface area (Å²) < 4.78 is 11.0. The first-order chi connectivity index (χ1) is 10.3. The number of benzene rings is 1. The fraction of sp³-hybridized carbons (Fsp3) is 0.333. The third-order valence-electron chi connectivity index (χ3n) is 3.61. The Morgan fingerprint density at radius 2 is 2.29 bits per heavy atom. The number of aryl methyl sites for hydroxylation is 1. The van der Waals surface area contributed by atoms with E-state index in [1.54, 1.807) is 13.2 Å². The summed E-state index contributed by atoms with van der Waals surface area (Å²) in [5.41, 5.74) is 5.74. The molecule has 1 aromatic carbocycles. The first kappa shape index (κ1) is 13.8. The fourth-order valence-electron chi connectivity index (χ4n) is 2.60. The second kappa shape index (κ2) is 6.07. The summed E-state index contributed by atoms with van der Waals surface area (Å²) in [6.07, 6.45) is 3.53. The molecule has 0 saturated carbocycles. The topological polar surface area (TPSA) is 82.3 Å². The highest BCUT2D eigenvalue weighted by Gasteiger charge is 2.23. The van der Waals surface area contributed by atoms with Crippen LogP contribution in [0.15, 0.2) is 30.6 Å². The van der Waals surface area contributed by atoms with Crippen LogP contribution >= 0.6 is 0 Å². The van der Waals surface area contributed by atoms with Crippen molar-refractivity contribution in [3.8, 4) is 11.6 Å². The molecule has 0 amide bonds. The molecule has 1 unspecified atom stereocenters. The Balaban J connectivity index is 2.03. The van der Waals surface area contributed by atoms with Gasteiger partial charge in [-0.2, -0.15) is 0 Å². The van der Waals surface area contributed by atoms with Crippen LogP contribution in [0.4, 0.5) is 0 Å². The van der Waals surface area contributed by atoms with E-state index in [0.29, 0.717) is 5.88 Å². The van der Waals surface area contributed by atoms with Crippen LogP contribution in [-0.2, 0) is 6.42 Å². The normalized spacial score (nSPS) is 15.0. The van der Waals surface area contributed by atoms with Gasteiger partial charge in [0.05, 0.1) is 25.5 Å². The molecule has 0 aliphatic carbocycles. The number of aromatic nitrogens is 2. The molecule has 1 aliphatic heterocycles. The number of nitrogens with one attached hydrogen (secondary N) is 1. The number of hydrazine groups is 1. The van der Waals surface area contributed by atoms with Crippen LogP contribution < -0.4 is 20.7 Å². The monoisotopic (exact) mass is 286 g/mol. The molecule has 0 radical (unpaired) electrons. The van der Waals surface area contributed by atoms with Crippen LogP contribution in [-0.4, -0.2) is 23.7 Å². The number of nitrogens with zero attached hydrogens (tertiary/aromatic N) is 2. The zero-order valence-electron chi connectivity index (χ0n) is 11.9. The van der Waals surface area contributed by atoms with Crippen molar-refractivity contribution in [3.05, 3.63) is 47.4 Å². The number of ether oxygens (including phenoxy) is 2. The Bertz CT molecular complexity index is 633. The maximum absolute atomic E-state index is 5.85. The molecule has 2 aromatic rings. The predicted molar refractivity (Wildman–Crippen MR) is 78.0 cm³/mol. The molecule has 0 fully saturated rings. The van der Waals surface area contributed by atoms with E-state index in [0.717, 1.165) is 36.5 Å². The standard InChI is InChI=1S/C15H18N4O2/c1-20-13-8-12(17-9-18-13)14(19-16)11-6-2-4-10-5-3-7-21-15(10)11/h2,4,6,8-9,14,19H,3,5,7,16H2,1H3. The molecule has 0 saturated heterocycles. The van der Waals surface area contributed by atoms with Crippen LogP contribution in [0.1, 0.15) is 29.3 Å². The number of para-hydroxylation sites is 1. The molecule has 6 nitrogen and oxygen atoms in total. The molecular weight excluding hydrogens is 268 g/mol. The van der Waals surface area contributed by atoms with Crippen molar-refractivity contribution in [3.63, 3.8) is 0 Å². The maximum Gasteiger partial charge on any atom is 0.216 e. The van der Waals surface area contributed by atoms with Crippen molar-refractivity contribution in [2.45, 2.75) is 18.9 Å². The molecule has 21 heavy (non-hydrogen) atoms. The molecule has 0 bridgehead atoms. The first-order valence-electron chi connectivity index (χ1n) is 6.90. The number of methoxy groups -OCH3 is 1. The van der Waals surface area contributed by atoms with Gasteiger partial charge in [0, 0.05) is 11.6 Å². The summed E-state index contributed by atoms with van der Waals surface area (Å²) >= 11 is 0. The molecule has 0 spiro atoms. The lowest BCUT2D eigenvalue weighted by atomic mass is 9.96. The van der Waals surface area contributed by atoms with Crippen molar-refractivity contribution in [1.29, 1.82) is 0 Å². The third-order valence-corrected chi connectivity index (χ3v) is 3.61. The van der Waals surface area contributed by atoms with Gasteiger partial charge in [-0.15, -0.1) is 0 Å². The lowest BCUT2D eigenvalue weighted by Crippen LogP contribution is -2.30. The largest absolute Gasteiger partial charge is 0.493 e. The Kier molecular flexibility index (Phi) is 3.98. The van der Waals surface area contributed by atoms with E-state index in [4.69, 9.17) is 15.3 Å². The van der Waals surface area contributed by atoms with E-state index in [-0.39, 0.29) is 6.04 Å². The van der Waals surface area contributed by atoms with Crippen LogP contribution in [0.25, 0.3) is 0 Å². The van der Waals surface area contributed by atoms with Crippen LogP contribution in [0.2, 0.25) is 0 Å². The third kappa shape index (κ3) is 2.68. The molecule has 1 aromatic heterocycles. The van der Waals surface area contributed by atoms with E-state index in [9.17, 15) is 0 Å². The second-order valence-corrected chi connectivity index (χ2v) is 4.87. The summed E-state index contributed by atoms with van der Waals surface area (Å²) in [5, 5.41) is 0. The van der Waals surface area contributed by atoms with E-state index in [1.807, 2.05) is 12.1 Å². The fourth-order valence-corrected chi connectivity index (χ4v) is 2.60. The van der Waals surface area contributed by atoms with Crippen LogP contribution in [0, 0.1) is 0 Å². The van der Waals surface area contributed by atoms with Crippen molar-refractivity contribution in [2.24, 2.45) is 5.84 Å². The lowest BCUT2D eigenvalue weighted by molar-refractivity contribution is 0.283. The summed E-state index contributed by atoms with van der Waals surface area (Å²) in [6, 6.07) is 7.61. The van der Waals surface area contributed by atoms with Crippen molar-refractivity contribution in [2.75, 3.05) is 13.7 Å². The average Bonchev–Trinajstić information content (AvgIpc) is 2.56. The minimum absolute atomic E-state index is 0.269. The molecular formula is C15H18N4O2. The number of hydrogen-bond acceptors (Lipinski definition) is 6. The number of fused-ring (bicyclic) bond motifs is 1. The van der Waals surface area contributed by atoms with Crippen LogP contribution in [0.5, 0.6) is 11.6 Å². The van der Waals surface area contributed by atoms with Gasteiger partial charge in [-0.3, -0.25) is 5.84 Å². The molecule has 1 aliphatic rings. The summed E-state index contributed by atoms with van der Waals surface area (Å²) in [6.45, 7) is 0.731. The summed E-state index contributed by atoms with van der Waals surface area (Å²) in [5.74, 6) is 7.17. The Morgan fingerprint density at radius 3 is 3.10 bits per heavy atom. The van der Waals surface area contributed by atoms with Gasteiger partial charge in [0.1, 0.15) is 12.1 Å². The first-order valence-corrected chi connectivity index (χ1v) is 6.90. The van der Waals surface area contributed by atoms with Gasteiger partial charge in [-0.25, -0.2) is 15.4 Å². The average molecular weight is 286 g/mol. The van der Waals surface area contributed by atoms with Crippen molar-refractivity contribution < 1.29 is 9.47 Å². The second-order valence-electron chi connectivity index (χ2n) is 4.87. The van der Waals surface area contributed by atoms with Crippen molar-refractivity contribution >= 4 is 0 Å². The quantitative estimate of drug-likeness (QED) is 0.652. The van der Waals surface area contributed by atoms with Gasteiger partial charge >= 0.3 is 0 Å². The maximum atomic E-state index is 5.85. The van der Waals surface area contributed by atoms with Gasteiger partial charge in [0.15, 0.2) is 0 Å². The minimum atomic E-state index is -0.269. The molecule has 2 heterocycles. The van der Waals surface area contributed by atoms with E-state index < -0.39 is 0 Å². The van der Waals surface area contributed by atoms with E-state index in [2.05, 4.69) is 21.5 Å². The Labute approximate surface area is 123 Å². The number of rotatable bonds is 4. The predicted octanol–water partition coefficient (Wildman–Crippen LogP) is 1.36. The van der Waals surface area contributed by atoms with E-state index >= 15 is 0 Å². The zero-order chi connectivity index (χ0) is 14.7. The Hall–Kier alpha value is -2.18. The Morgan fingerprint density at radius 1 is 1.38 bits per heavy atom. The van der Waals surface area contributed by atoms with Gasteiger partial charge in [0.2, 0.25) is 5.88 Å². The smallest absolute Gasteiger partial charge is 0.216 e. The van der Waals surface area contributed by atoms with Gasteiger partial charge in [-0.05, 0) is 18.4 Å². The lowest BCUT2D eigenvalue weighted by Gasteiger charge is -2.24. The molecule has 6 heteroatoms. The van der Waals surface area contributed by atoms with Gasteiger partial charge in [-0.1, -0.05) is 18.2 Å². The SMILES string of the molecule is COc1cc(C(NN)c2cccc3c2OCCC3)ncn1. The van der Waals surface area contributed by atoms with Crippen molar-refractivity contribution in [1.82, 2.24) is 15.4 Å². The van der Waals surface area contributed by atoms with Gasteiger partial charge in [0.25, 0.3) is 0 Å². The van der Waals surface area contributed by atoms with Crippen LogP contribution in [0.3, 0.4) is 0 Å². The summed E-state index contributed by atoms with van der Waals surface area (Å²) in [4.78, 5) is 8.32.